The monoisotopic (exact) mass is 302 g/mol. The van der Waals surface area contributed by atoms with E-state index in [1.165, 1.54) is 6.20 Å². The van der Waals surface area contributed by atoms with Gasteiger partial charge in [-0.25, -0.2) is 0 Å². The summed E-state index contributed by atoms with van der Waals surface area (Å²) < 4.78 is 4.96. The first kappa shape index (κ1) is 13.3. The molecule has 0 aliphatic heterocycles. The minimum atomic E-state index is 0.322. The van der Waals surface area contributed by atoms with Crippen LogP contribution in [0.4, 0.5) is 23.3 Å². The predicted molar refractivity (Wildman–Crippen MR) is 79.1 cm³/mol. The number of aromatic nitrogens is 4. The molecular formula is C13H11ClN6O. The Hall–Kier alpha value is -2.67. The van der Waals surface area contributed by atoms with Crippen molar-refractivity contribution in [3.05, 3.63) is 47.3 Å². The van der Waals surface area contributed by atoms with E-state index in [2.05, 4.69) is 31.0 Å². The molecule has 0 radical (unpaired) electrons. The molecule has 0 aliphatic carbocycles. The second-order valence-electron chi connectivity index (χ2n) is 4.24. The van der Waals surface area contributed by atoms with Gasteiger partial charge in [0.25, 0.3) is 0 Å². The van der Waals surface area contributed by atoms with Crippen molar-refractivity contribution in [2.24, 2.45) is 0 Å². The Bertz CT molecular complexity index is 742. The number of hydrogen-bond acceptors (Lipinski definition) is 7. The van der Waals surface area contributed by atoms with Gasteiger partial charge in [0.15, 0.2) is 11.6 Å². The summed E-state index contributed by atoms with van der Waals surface area (Å²) in [7, 11) is 0. The Kier molecular flexibility index (Phi) is 3.65. The van der Waals surface area contributed by atoms with E-state index in [-0.39, 0.29) is 0 Å². The fraction of sp³-hybridized carbons (Fsp3) is 0.0769. The molecule has 0 atom stereocenters. The molecule has 3 aromatic rings. The van der Waals surface area contributed by atoms with Crippen LogP contribution in [0.1, 0.15) is 5.76 Å². The molecule has 106 valence electrons. The van der Waals surface area contributed by atoms with Crippen LogP contribution in [-0.2, 0) is 0 Å². The maximum absolute atomic E-state index is 5.84. The molecule has 0 fully saturated rings. The Labute approximate surface area is 125 Å². The third-order valence-electron chi connectivity index (χ3n) is 2.54. The molecule has 8 heteroatoms. The van der Waals surface area contributed by atoms with Crippen molar-refractivity contribution in [1.29, 1.82) is 0 Å². The summed E-state index contributed by atoms with van der Waals surface area (Å²) in [6, 6.07) is 9.01. The normalized spacial score (nSPS) is 10.4. The van der Waals surface area contributed by atoms with Crippen molar-refractivity contribution in [1.82, 2.24) is 20.3 Å². The third-order valence-corrected chi connectivity index (χ3v) is 2.80. The first-order chi connectivity index (χ1) is 10.2. The van der Waals surface area contributed by atoms with Crippen molar-refractivity contribution in [2.75, 3.05) is 10.6 Å². The highest BCUT2D eigenvalue weighted by Gasteiger charge is 2.05. The third kappa shape index (κ3) is 3.46. The van der Waals surface area contributed by atoms with E-state index in [0.29, 0.717) is 28.4 Å². The van der Waals surface area contributed by atoms with E-state index in [9.17, 15) is 0 Å². The van der Waals surface area contributed by atoms with Crippen LogP contribution in [0.5, 0.6) is 0 Å². The van der Waals surface area contributed by atoms with Crippen LogP contribution in [-0.4, -0.2) is 20.3 Å². The number of anilines is 4. The fourth-order valence-electron chi connectivity index (χ4n) is 1.64. The zero-order valence-corrected chi connectivity index (χ0v) is 11.8. The maximum Gasteiger partial charge on any atom is 0.250 e. The highest BCUT2D eigenvalue weighted by atomic mass is 35.5. The molecule has 0 aliphatic rings. The van der Waals surface area contributed by atoms with Crippen LogP contribution in [0.25, 0.3) is 0 Å². The second kappa shape index (κ2) is 5.76. The second-order valence-corrected chi connectivity index (χ2v) is 4.68. The summed E-state index contributed by atoms with van der Waals surface area (Å²) >= 11 is 5.84. The average Bonchev–Trinajstić information content (AvgIpc) is 2.87. The molecular weight excluding hydrogens is 292 g/mol. The van der Waals surface area contributed by atoms with Gasteiger partial charge >= 0.3 is 0 Å². The summed E-state index contributed by atoms with van der Waals surface area (Å²) in [6.45, 7) is 1.80. The van der Waals surface area contributed by atoms with Crippen LogP contribution >= 0.6 is 11.6 Å². The predicted octanol–water partition coefficient (Wildman–Crippen LogP) is 3.31. The summed E-state index contributed by atoms with van der Waals surface area (Å²) in [5.74, 6) is 2.09. The highest BCUT2D eigenvalue weighted by Crippen LogP contribution is 2.18. The van der Waals surface area contributed by atoms with Crippen LogP contribution in [0.3, 0.4) is 0 Å². The van der Waals surface area contributed by atoms with Gasteiger partial charge in [-0.05, 0) is 31.2 Å². The summed E-state index contributed by atoms with van der Waals surface area (Å²) in [4.78, 5) is 4.28. The fourth-order valence-corrected chi connectivity index (χ4v) is 1.76. The lowest BCUT2D eigenvalue weighted by Crippen LogP contribution is -2.02. The molecule has 0 spiro atoms. The van der Waals surface area contributed by atoms with Crippen LogP contribution in [0.2, 0.25) is 5.02 Å². The minimum Gasteiger partial charge on any atom is -0.360 e. The molecule has 0 amide bonds. The van der Waals surface area contributed by atoms with Crippen LogP contribution in [0.15, 0.2) is 41.1 Å². The quantitative estimate of drug-likeness (QED) is 0.764. The van der Waals surface area contributed by atoms with Gasteiger partial charge in [0.1, 0.15) is 5.76 Å². The lowest BCUT2D eigenvalue weighted by molar-refractivity contribution is 0.400. The number of benzene rings is 1. The van der Waals surface area contributed by atoms with E-state index in [4.69, 9.17) is 16.1 Å². The number of rotatable bonds is 4. The van der Waals surface area contributed by atoms with Gasteiger partial charge in [-0.2, -0.15) is 10.1 Å². The van der Waals surface area contributed by atoms with Gasteiger partial charge in [0.2, 0.25) is 5.95 Å². The SMILES string of the molecule is Cc1cc(Nc2nncc(Nc3ccc(Cl)cc3)n2)no1. The van der Waals surface area contributed by atoms with Crippen molar-refractivity contribution in [3.8, 4) is 0 Å². The molecule has 2 aromatic heterocycles. The Balaban J connectivity index is 1.75. The minimum absolute atomic E-state index is 0.322. The van der Waals surface area contributed by atoms with Crippen molar-refractivity contribution in [2.45, 2.75) is 6.92 Å². The summed E-state index contributed by atoms with van der Waals surface area (Å²) in [5.41, 5.74) is 0.850. The standard InChI is InChI=1S/C13H11ClN6O/c1-8-6-11(20-21-8)17-13-18-12(7-15-19-13)16-10-4-2-9(14)3-5-10/h2-7H,1H3,(H2,16,17,18,19,20). The van der Waals surface area contributed by atoms with Crippen LogP contribution in [0, 0.1) is 6.92 Å². The molecule has 2 N–H and O–H groups in total. The lowest BCUT2D eigenvalue weighted by Gasteiger charge is -2.06. The number of nitrogens with zero attached hydrogens (tertiary/aromatic N) is 4. The molecule has 0 unspecified atom stereocenters. The zero-order chi connectivity index (χ0) is 14.7. The lowest BCUT2D eigenvalue weighted by atomic mass is 10.3. The van der Waals surface area contributed by atoms with E-state index in [1.54, 1.807) is 25.1 Å². The number of aryl methyl sites for hydroxylation is 1. The average molecular weight is 303 g/mol. The van der Waals surface area contributed by atoms with Crippen molar-refractivity contribution < 1.29 is 4.52 Å². The van der Waals surface area contributed by atoms with Crippen molar-refractivity contribution >= 4 is 34.9 Å². The first-order valence-corrected chi connectivity index (χ1v) is 6.49. The zero-order valence-electron chi connectivity index (χ0n) is 11.0. The van der Waals surface area contributed by atoms with E-state index in [0.717, 1.165) is 5.69 Å². The highest BCUT2D eigenvalue weighted by molar-refractivity contribution is 6.30. The molecule has 0 saturated heterocycles. The van der Waals surface area contributed by atoms with Gasteiger partial charge in [0, 0.05) is 16.8 Å². The first-order valence-electron chi connectivity index (χ1n) is 6.12. The van der Waals surface area contributed by atoms with Crippen LogP contribution < -0.4 is 10.6 Å². The number of halogens is 1. The largest absolute Gasteiger partial charge is 0.360 e. The molecule has 1 aromatic carbocycles. The molecule has 0 bridgehead atoms. The smallest absolute Gasteiger partial charge is 0.250 e. The Morgan fingerprint density at radius 2 is 1.90 bits per heavy atom. The van der Waals surface area contributed by atoms with E-state index >= 15 is 0 Å². The number of hydrogen-bond donors (Lipinski definition) is 2. The molecule has 7 nitrogen and oxygen atoms in total. The van der Waals surface area contributed by atoms with Gasteiger partial charge in [-0.3, -0.25) is 0 Å². The molecule has 2 heterocycles. The van der Waals surface area contributed by atoms with E-state index in [1.807, 2.05) is 12.1 Å². The summed E-state index contributed by atoms with van der Waals surface area (Å²) in [5, 5.41) is 18.3. The van der Waals surface area contributed by atoms with Gasteiger partial charge in [0.05, 0.1) is 6.20 Å². The van der Waals surface area contributed by atoms with Gasteiger partial charge < -0.3 is 15.2 Å². The molecule has 21 heavy (non-hydrogen) atoms. The topological polar surface area (TPSA) is 88.8 Å². The molecule has 0 saturated carbocycles. The maximum atomic E-state index is 5.84. The number of nitrogens with one attached hydrogen (secondary N) is 2. The van der Waals surface area contributed by atoms with E-state index < -0.39 is 0 Å². The Morgan fingerprint density at radius 1 is 1.10 bits per heavy atom. The summed E-state index contributed by atoms with van der Waals surface area (Å²) in [6.07, 6.45) is 1.52. The van der Waals surface area contributed by atoms with Gasteiger partial charge in [-0.1, -0.05) is 16.8 Å². The Morgan fingerprint density at radius 3 is 2.62 bits per heavy atom. The van der Waals surface area contributed by atoms with Crippen molar-refractivity contribution in [3.63, 3.8) is 0 Å². The van der Waals surface area contributed by atoms with Gasteiger partial charge in [-0.15, -0.1) is 5.10 Å². The molecule has 3 rings (SSSR count).